The minimum Gasteiger partial charge on any atom is -0.492 e. The highest BCUT2D eigenvalue weighted by Gasteiger charge is 2.19. The lowest BCUT2D eigenvalue weighted by Crippen LogP contribution is -2.25. The first-order chi connectivity index (χ1) is 22.2. The molecule has 1 saturated carbocycles. The van der Waals surface area contributed by atoms with Crippen LogP contribution in [0.15, 0.2) is 67.1 Å². The summed E-state index contributed by atoms with van der Waals surface area (Å²) in [5.41, 5.74) is 8.06. The summed E-state index contributed by atoms with van der Waals surface area (Å²) in [7, 11) is 0. The molecule has 5 aromatic heterocycles. The van der Waals surface area contributed by atoms with E-state index in [0.29, 0.717) is 23.7 Å². The monoisotopic (exact) mass is 602 g/mol. The lowest BCUT2D eigenvalue weighted by molar-refractivity contribution is 0.237. The number of nitrogens with one attached hydrogen (secondary N) is 3. The summed E-state index contributed by atoms with van der Waals surface area (Å²) >= 11 is 0. The molecule has 0 atom stereocenters. The molecule has 2 fully saturated rings. The van der Waals surface area contributed by atoms with Crippen LogP contribution in [0.1, 0.15) is 32.1 Å². The zero-order valence-corrected chi connectivity index (χ0v) is 25.0. The first-order valence-electron chi connectivity index (χ1n) is 15.8. The first kappa shape index (κ1) is 27.7. The van der Waals surface area contributed by atoms with Crippen LogP contribution in [0, 0.1) is 11.7 Å². The average Bonchev–Trinajstić information content (AvgIpc) is 3.79. The summed E-state index contributed by atoms with van der Waals surface area (Å²) in [5.74, 6) is 0.942. The predicted molar refractivity (Wildman–Crippen MR) is 175 cm³/mol. The summed E-state index contributed by atoms with van der Waals surface area (Å²) in [4.78, 5) is 19.8. The van der Waals surface area contributed by atoms with Crippen LogP contribution in [-0.4, -0.2) is 67.8 Å². The van der Waals surface area contributed by atoms with Gasteiger partial charge in [0.15, 0.2) is 0 Å². The van der Waals surface area contributed by atoms with Gasteiger partial charge in [-0.1, -0.05) is 6.42 Å². The van der Waals surface area contributed by atoms with Gasteiger partial charge in [-0.15, -0.1) is 0 Å². The summed E-state index contributed by atoms with van der Waals surface area (Å²) in [6.07, 6.45) is 11.8. The van der Waals surface area contributed by atoms with Gasteiger partial charge >= 0.3 is 0 Å². The molecule has 0 bridgehead atoms. The Hall–Kier alpha value is -4.83. The Bertz CT molecular complexity index is 1970. The number of H-pyrrole nitrogens is 2. The van der Waals surface area contributed by atoms with Crippen LogP contribution in [0.2, 0.25) is 0 Å². The van der Waals surface area contributed by atoms with Gasteiger partial charge in [0.2, 0.25) is 0 Å². The molecular formula is C35H35FN8O. The molecule has 6 heterocycles. The minimum absolute atomic E-state index is 0.337. The lowest BCUT2D eigenvalue weighted by atomic mass is 9.85. The zero-order chi connectivity index (χ0) is 30.2. The second kappa shape index (κ2) is 11.9. The van der Waals surface area contributed by atoms with Crippen LogP contribution >= 0.6 is 0 Å². The number of benzene rings is 1. The Kier molecular flexibility index (Phi) is 7.34. The fourth-order valence-corrected chi connectivity index (χ4v) is 6.39. The Balaban J connectivity index is 1.08. The number of aromatic amines is 2. The highest BCUT2D eigenvalue weighted by atomic mass is 19.1. The van der Waals surface area contributed by atoms with E-state index in [-0.39, 0.29) is 5.82 Å². The van der Waals surface area contributed by atoms with Crippen molar-refractivity contribution in [1.29, 1.82) is 0 Å². The van der Waals surface area contributed by atoms with Gasteiger partial charge in [0.25, 0.3) is 0 Å². The number of anilines is 1. The van der Waals surface area contributed by atoms with E-state index in [0.717, 1.165) is 82.3 Å². The average molecular weight is 603 g/mol. The van der Waals surface area contributed by atoms with Crippen LogP contribution in [0.4, 0.5) is 10.1 Å². The van der Waals surface area contributed by atoms with E-state index in [1.165, 1.54) is 44.2 Å². The number of hydrogen-bond acceptors (Lipinski definition) is 7. The fourth-order valence-electron chi connectivity index (χ4n) is 6.39. The van der Waals surface area contributed by atoms with Crippen molar-refractivity contribution in [3.05, 3.63) is 72.9 Å². The number of rotatable bonds is 10. The molecule has 2 aliphatic rings. The van der Waals surface area contributed by atoms with E-state index in [4.69, 9.17) is 9.72 Å². The van der Waals surface area contributed by atoms with E-state index in [1.807, 2.05) is 42.7 Å². The van der Waals surface area contributed by atoms with E-state index in [9.17, 15) is 4.39 Å². The second-order valence-corrected chi connectivity index (χ2v) is 12.2. The number of hydrogen-bond donors (Lipinski definition) is 3. The van der Waals surface area contributed by atoms with Crippen LogP contribution in [0.5, 0.6) is 5.75 Å². The van der Waals surface area contributed by atoms with Gasteiger partial charge in [0.05, 0.1) is 22.6 Å². The quantitative estimate of drug-likeness (QED) is 0.154. The molecule has 0 radical (unpaired) electrons. The molecule has 45 heavy (non-hydrogen) atoms. The highest BCUT2D eigenvalue weighted by molar-refractivity contribution is 5.99. The molecule has 10 heteroatoms. The SMILES string of the molecule is Fc1cc(OCCN2CCCC2)cc(-c2ccnc3[nH]c(-c4n[nH]c5ccc(-c6cncc(NCC7CCC7)c6)nc45)cc23)c1. The molecule has 1 aromatic carbocycles. The molecule has 0 unspecified atom stereocenters. The molecular weight excluding hydrogens is 567 g/mol. The number of likely N-dealkylation sites (tertiary alicyclic amines) is 1. The second-order valence-electron chi connectivity index (χ2n) is 12.2. The molecule has 1 aliphatic heterocycles. The number of nitrogens with zero attached hydrogens (tertiary/aromatic N) is 5. The highest BCUT2D eigenvalue weighted by Crippen LogP contribution is 2.35. The molecule has 8 rings (SSSR count). The van der Waals surface area contributed by atoms with Crippen molar-refractivity contribution >= 4 is 27.8 Å². The molecule has 0 amide bonds. The van der Waals surface area contributed by atoms with Crippen molar-refractivity contribution < 1.29 is 9.13 Å². The standard InChI is InChI=1S/C35H35FN8O/c36-25-14-23(16-27(17-25)45-13-12-44-10-1-2-11-44)28-8-9-38-35-29(28)18-32(41-35)34-33-31(42-43-34)7-6-30(40-33)24-15-26(21-37-20-24)39-19-22-4-3-5-22/h6-9,14-18,20-22,39H,1-5,10-13,19H2,(H,38,41)(H,42,43). The van der Waals surface area contributed by atoms with E-state index in [1.54, 1.807) is 6.20 Å². The fraction of sp³-hybridized carbons (Fsp3) is 0.314. The zero-order valence-electron chi connectivity index (χ0n) is 25.0. The summed E-state index contributed by atoms with van der Waals surface area (Å²) < 4.78 is 20.8. The molecule has 1 aliphatic carbocycles. The predicted octanol–water partition coefficient (Wildman–Crippen LogP) is 7.06. The third-order valence-electron chi connectivity index (χ3n) is 9.11. The van der Waals surface area contributed by atoms with Crippen molar-refractivity contribution in [3.63, 3.8) is 0 Å². The maximum Gasteiger partial charge on any atom is 0.138 e. The molecule has 9 nitrogen and oxygen atoms in total. The largest absolute Gasteiger partial charge is 0.492 e. The van der Waals surface area contributed by atoms with Gasteiger partial charge in [0.1, 0.15) is 35.0 Å². The van der Waals surface area contributed by atoms with Crippen LogP contribution in [0.25, 0.3) is 55.8 Å². The normalized spacial score (nSPS) is 15.6. The van der Waals surface area contributed by atoms with E-state index in [2.05, 4.69) is 41.4 Å². The minimum atomic E-state index is -0.337. The van der Waals surface area contributed by atoms with Crippen molar-refractivity contribution in [2.24, 2.45) is 5.92 Å². The van der Waals surface area contributed by atoms with Crippen LogP contribution < -0.4 is 10.1 Å². The van der Waals surface area contributed by atoms with Crippen molar-refractivity contribution in [2.45, 2.75) is 32.1 Å². The number of halogens is 1. The van der Waals surface area contributed by atoms with Gasteiger partial charge in [-0.2, -0.15) is 5.10 Å². The summed E-state index contributed by atoms with van der Waals surface area (Å²) in [6.45, 7) is 4.56. The van der Waals surface area contributed by atoms with Gasteiger partial charge in [-0.3, -0.25) is 15.0 Å². The summed E-state index contributed by atoms with van der Waals surface area (Å²) in [6, 6.07) is 14.9. The van der Waals surface area contributed by atoms with E-state index < -0.39 is 0 Å². The molecule has 228 valence electrons. The number of ether oxygens (including phenoxy) is 1. The molecule has 6 aromatic rings. The third kappa shape index (κ3) is 5.73. The number of pyridine rings is 3. The Morgan fingerprint density at radius 1 is 0.978 bits per heavy atom. The van der Waals surface area contributed by atoms with Gasteiger partial charge in [-0.25, -0.2) is 14.4 Å². The van der Waals surface area contributed by atoms with Crippen molar-refractivity contribution in [3.8, 4) is 39.5 Å². The Morgan fingerprint density at radius 3 is 2.76 bits per heavy atom. The van der Waals surface area contributed by atoms with E-state index >= 15 is 0 Å². The van der Waals surface area contributed by atoms with Crippen molar-refractivity contribution in [2.75, 3.05) is 38.1 Å². The number of aromatic nitrogens is 6. The first-order valence-corrected chi connectivity index (χ1v) is 15.8. The Morgan fingerprint density at radius 2 is 1.89 bits per heavy atom. The van der Waals surface area contributed by atoms with Crippen LogP contribution in [-0.2, 0) is 0 Å². The molecule has 3 N–H and O–H groups in total. The summed E-state index contributed by atoms with van der Waals surface area (Å²) in [5, 5.41) is 12.1. The lowest BCUT2D eigenvalue weighted by Gasteiger charge is -2.25. The number of fused-ring (bicyclic) bond motifs is 2. The van der Waals surface area contributed by atoms with Gasteiger partial charge < -0.3 is 15.0 Å². The third-order valence-corrected chi connectivity index (χ3v) is 9.11. The smallest absolute Gasteiger partial charge is 0.138 e. The van der Waals surface area contributed by atoms with Crippen molar-refractivity contribution in [1.82, 2.24) is 35.0 Å². The molecule has 1 saturated heterocycles. The maximum atomic E-state index is 14.8. The maximum absolute atomic E-state index is 14.8. The van der Waals surface area contributed by atoms with Crippen LogP contribution in [0.3, 0.4) is 0 Å². The Labute approximate surface area is 260 Å². The topological polar surface area (TPSA) is 108 Å². The molecule has 0 spiro atoms. The van der Waals surface area contributed by atoms with Gasteiger partial charge in [-0.05, 0) is 98.3 Å². The van der Waals surface area contributed by atoms with Gasteiger partial charge in [0, 0.05) is 48.7 Å².